The molecule has 0 fully saturated rings. The summed E-state index contributed by atoms with van der Waals surface area (Å²) in [5.74, 6) is 5.90. The van der Waals surface area contributed by atoms with Crippen LogP contribution in [0.1, 0.15) is 11.1 Å². The topological polar surface area (TPSA) is 75.9 Å². The number of nitrogen functional groups attached to an aromatic ring is 1. The fourth-order valence-electron chi connectivity index (χ4n) is 1.58. The molecule has 0 aliphatic rings. The average molecular weight is 283 g/mol. The van der Waals surface area contributed by atoms with E-state index in [1.165, 1.54) is 18.5 Å². The Morgan fingerprint density at radius 1 is 1.10 bits per heavy atom. The standard InChI is InChI=1S/C12H12F3N5/c1-7-2-3-8(12(13,14)15)4-9(7)19-10-5-11(20-16)18-6-17-10/h2-6H,16H2,1H3,(H2,17,18,19,20). The van der Waals surface area contributed by atoms with Crippen molar-refractivity contribution in [2.45, 2.75) is 13.1 Å². The molecule has 0 radical (unpaired) electrons. The highest BCUT2D eigenvalue weighted by molar-refractivity contribution is 5.63. The van der Waals surface area contributed by atoms with E-state index >= 15 is 0 Å². The molecule has 0 saturated carbocycles. The number of rotatable bonds is 3. The van der Waals surface area contributed by atoms with Gasteiger partial charge >= 0.3 is 6.18 Å². The van der Waals surface area contributed by atoms with Gasteiger partial charge in [-0.2, -0.15) is 13.2 Å². The summed E-state index contributed by atoms with van der Waals surface area (Å²) in [7, 11) is 0. The van der Waals surface area contributed by atoms with Crippen molar-refractivity contribution in [2.75, 3.05) is 10.7 Å². The van der Waals surface area contributed by atoms with Crippen LogP contribution in [0.5, 0.6) is 0 Å². The second kappa shape index (κ2) is 5.33. The molecule has 4 N–H and O–H groups in total. The maximum absolute atomic E-state index is 12.7. The number of nitrogens with one attached hydrogen (secondary N) is 2. The molecule has 8 heteroatoms. The molecule has 2 rings (SSSR count). The Balaban J connectivity index is 2.32. The molecule has 0 unspecified atom stereocenters. The lowest BCUT2D eigenvalue weighted by molar-refractivity contribution is -0.137. The highest BCUT2D eigenvalue weighted by Gasteiger charge is 2.30. The van der Waals surface area contributed by atoms with Gasteiger partial charge in [-0.1, -0.05) is 6.07 Å². The number of nitrogens with zero attached hydrogens (tertiary/aromatic N) is 2. The number of hydrogen-bond donors (Lipinski definition) is 3. The lowest BCUT2D eigenvalue weighted by atomic mass is 10.1. The quantitative estimate of drug-likeness (QED) is 0.596. The Morgan fingerprint density at radius 3 is 2.45 bits per heavy atom. The van der Waals surface area contributed by atoms with E-state index < -0.39 is 11.7 Å². The molecule has 0 atom stereocenters. The third-order valence-corrected chi connectivity index (χ3v) is 2.64. The number of aryl methyl sites for hydroxylation is 1. The van der Waals surface area contributed by atoms with E-state index in [4.69, 9.17) is 5.84 Å². The number of hydrogen-bond acceptors (Lipinski definition) is 5. The molecule has 1 aromatic heterocycles. The molecule has 106 valence electrons. The van der Waals surface area contributed by atoms with Gasteiger partial charge in [0.2, 0.25) is 0 Å². The molecule has 1 aromatic carbocycles. The van der Waals surface area contributed by atoms with Gasteiger partial charge in [0.1, 0.15) is 18.0 Å². The van der Waals surface area contributed by atoms with Gasteiger partial charge in [-0.25, -0.2) is 15.8 Å². The predicted molar refractivity (Wildman–Crippen MR) is 69.3 cm³/mol. The van der Waals surface area contributed by atoms with Crippen LogP contribution in [0.2, 0.25) is 0 Å². The van der Waals surface area contributed by atoms with Gasteiger partial charge < -0.3 is 10.7 Å². The van der Waals surface area contributed by atoms with Gasteiger partial charge in [0, 0.05) is 11.8 Å². The molecule has 0 aliphatic carbocycles. The zero-order valence-electron chi connectivity index (χ0n) is 10.5. The molecular weight excluding hydrogens is 271 g/mol. The fourth-order valence-corrected chi connectivity index (χ4v) is 1.58. The van der Waals surface area contributed by atoms with E-state index in [1.54, 1.807) is 6.92 Å². The number of aromatic nitrogens is 2. The van der Waals surface area contributed by atoms with Crippen molar-refractivity contribution in [2.24, 2.45) is 5.84 Å². The number of halogens is 3. The summed E-state index contributed by atoms with van der Waals surface area (Å²) in [6.07, 6.45) is -3.14. The van der Waals surface area contributed by atoms with Gasteiger partial charge in [-0.3, -0.25) is 0 Å². The van der Waals surface area contributed by atoms with Crippen molar-refractivity contribution >= 4 is 17.3 Å². The Kier molecular flexibility index (Phi) is 3.75. The van der Waals surface area contributed by atoms with Crippen molar-refractivity contribution in [3.8, 4) is 0 Å². The van der Waals surface area contributed by atoms with Gasteiger partial charge in [0.05, 0.1) is 5.56 Å². The summed E-state index contributed by atoms with van der Waals surface area (Å²) in [6.45, 7) is 1.70. The molecule has 20 heavy (non-hydrogen) atoms. The molecule has 1 heterocycles. The lowest BCUT2D eigenvalue weighted by Crippen LogP contribution is -2.09. The van der Waals surface area contributed by atoms with E-state index in [0.29, 0.717) is 22.9 Å². The minimum absolute atomic E-state index is 0.321. The SMILES string of the molecule is Cc1ccc(C(F)(F)F)cc1Nc1cc(NN)ncn1. The molecule has 0 amide bonds. The van der Waals surface area contributed by atoms with Crippen molar-refractivity contribution in [3.05, 3.63) is 41.7 Å². The van der Waals surface area contributed by atoms with Crippen LogP contribution in [0.15, 0.2) is 30.6 Å². The van der Waals surface area contributed by atoms with Crippen molar-refractivity contribution in [3.63, 3.8) is 0 Å². The highest BCUT2D eigenvalue weighted by Crippen LogP contribution is 2.32. The van der Waals surface area contributed by atoms with E-state index in [0.717, 1.165) is 12.1 Å². The third-order valence-electron chi connectivity index (χ3n) is 2.64. The molecule has 5 nitrogen and oxygen atoms in total. The largest absolute Gasteiger partial charge is 0.416 e. The minimum atomic E-state index is -4.39. The van der Waals surface area contributed by atoms with Crippen LogP contribution < -0.4 is 16.6 Å². The van der Waals surface area contributed by atoms with Crippen LogP contribution in [-0.2, 0) is 6.18 Å². The van der Waals surface area contributed by atoms with Gasteiger partial charge in [0.25, 0.3) is 0 Å². The van der Waals surface area contributed by atoms with Crippen LogP contribution in [0, 0.1) is 6.92 Å². The van der Waals surface area contributed by atoms with E-state index in [2.05, 4.69) is 20.7 Å². The Bertz CT molecular complexity index is 612. The van der Waals surface area contributed by atoms with Crippen molar-refractivity contribution in [1.29, 1.82) is 0 Å². The smallest absolute Gasteiger partial charge is 0.340 e. The van der Waals surface area contributed by atoms with Crippen LogP contribution in [0.25, 0.3) is 0 Å². The highest BCUT2D eigenvalue weighted by atomic mass is 19.4. The molecular formula is C12H12F3N5. The van der Waals surface area contributed by atoms with Crippen molar-refractivity contribution < 1.29 is 13.2 Å². The number of benzene rings is 1. The zero-order chi connectivity index (χ0) is 14.8. The molecule has 0 bridgehead atoms. The number of anilines is 3. The maximum Gasteiger partial charge on any atom is 0.416 e. The number of nitrogens with two attached hydrogens (primary N) is 1. The van der Waals surface area contributed by atoms with E-state index in [1.807, 2.05) is 0 Å². The van der Waals surface area contributed by atoms with Crippen molar-refractivity contribution in [1.82, 2.24) is 9.97 Å². The van der Waals surface area contributed by atoms with Gasteiger partial charge in [-0.15, -0.1) is 0 Å². The fraction of sp³-hybridized carbons (Fsp3) is 0.167. The second-order valence-corrected chi connectivity index (χ2v) is 4.09. The summed E-state index contributed by atoms with van der Waals surface area (Å²) in [5.41, 5.74) is 2.59. The number of alkyl halides is 3. The Hall–Kier alpha value is -2.35. The van der Waals surface area contributed by atoms with E-state index in [9.17, 15) is 13.2 Å². The summed E-state index contributed by atoms with van der Waals surface area (Å²) >= 11 is 0. The number of hydrazine groups is 1. The first kappa shape index (κ1) is 14.1. The molecule has 0 saturated heterocycles. The first-order chi connectivity index (χ1) is 9.40. The first-order valence-electron chi connectivity index (χ1n) is 5.63. The summed E-state index contributed by atoms with van der Waals surface area (Å²) in [4.78, 5) is 7.73. The Morgan fingerprint density at radius 2 is 1.80 bits per heavy atom. The van der Waals surface area contributed by atoms with Gasteiger partial charge in [-0.05, 0) is 24.6 Å². The second-order valence-electron chi connectivity index (χ2n) is 4.09. The zero-order valence-corrected chi connectivity index (χ0v) is 10.5. The van der Waals surface area contributed by atoms with Crippen LogP contribution in [-0.4, -0.2) is 9.97 Å². The van der Waals surface area contributed by atoms with Crippen LogP contribution in [0.4, 0.5) is 30.5 Å². The summed E-state index contributed by atoms with van der Waals surface area (Å²) in [6, 6.07) is 4.95. The normalized spacial score (nSPS) is 11.2. The molecule has 0 aliphatic heterocycles. The average Bonchev–Trinajstić information content (AvgIpc) is 2.40. The Labute approximate surface area is 113 Å². The summed E-state index contributed by atoms with van der Waals surface area (Å²) < 4.78 is 38.0. The maximum atomic E-state index is 12.7. The van der Waals surface area contributed by atoms with Gasteiger partial charge in [0.15, 0.2) is 0 Å². The third kappa shape index (κ3) is 3.15. The predicted octanol–water partition coefficient (Wildman–Crippen LogP) is 2.83. The van der Waals surface area contributed by atoms with Crippen LogP contribution in [0.3, 0.4) is 0 Å². The summed E-state index contributed by atoms with van der Waals surface area (Å²) in [5, 5.41) is 2.81. The monoisotopic (exact) mass is 283 g/mol. The minimum Gasteiger partial charge on any atom is -0.340 e. The first-order valence-corrected chi connectivity index (χ1v) is 5.63. The lowest BCUT2D eigenvalue weighted by Gasteiger charge is -2.13. The molecule has 0 spiro atoms. The van der Waals surface area contributed by atoms with E-state index in [-0.39, 0.29) is 0 Å². The molecule has 2 aromatic rings. The van der Waals surface area contributed by atoms with Crippen LogP contribution >= 0.6 is 0 Å².